The first-order valence-electron chi connectivity index (χ1n) is 6.53. The molecule has 0 saturated carbocycles. The summed E-state index contributed by atoms with van der Waals surface area (Å²) < 4.78 is 6.08. The van der Waals surface area contributed by atoms with Crippen molar-refractivity contribution in [3.63, 3.8) is 0 Å². The third-order valence-corrected chi connectivity index (χ3v) is 3.41. The molecule has 1 N–H and O–H groups in total. The first-order chi connectivity index (χ1) is 10.1. The second kappa shape index (κ2) is 5.03. The first-order valence-corrected chi connectivity index (χ1v) is 6.53. The molecule has 0 radical (unpaired) electrons. The Morgan fingerprint density at radius 3 is 2.24 bits per heavy atom. The van der Waals surface area contributed by atoms with Crippen LogP contribution < -0.4 is 9.79 Å². The number of hydrogen-bond acceptors (Lipinski definition) is 4. The molecule has 1 unspecified atom stereocenters. The fourth-order valence-corrected chi connectivity index (χ4v) is 2.30. The molecule has 106 valence electrons. The maximum atomic E-state index is 12.0. The number of aromatic nitrogens is 2. The predicted molar refractivity (Wildman–Crippen MR) is 72.6 cm³/mol. The minimum Gasteiger partial charge on any atom is -0.539 e. The van der Waals surface area contributed by atoms with Crippen molar-refractivity contribution in [1.29, 1.82) is 0 Å². The summed E-state index contributed by atoms with van der Waals surface area (Å²) in [5, 5.41) is 26.6. The molecule has 21 heavy (non-hydrogen) atoms. The van der Waals surface area contributed by atoms with Crippen molar-refractivity contribution in [2.45, 2.75) is 12.5 Å². The lowest BCUT2D eigenvalue weighted by molar-refractivity contribution is -0.683. The molecule has 0 aliphatic carbocycles. The van der Waals surface area contributed by atoms with Gasteiger partial charge in [-0.25, -0.2) is 0 Å². The molecule has 0 amide bonds. The largest absolute Gasteiger partial charge is 0.539 e. The van der Waals surface area contributed by atoms with E-state index in [0.717, 1.165) is 0 Å². The fraction of sp³-hybridized carbons (Fsp3) is 0.125. The van der Waals surface area contributed by atoms with Crippen molar-refractivity contribution in [3.8, 4) is 11.6 Å². The summed E-state index contributed by atoms with van der Waals surface area (Å²) in [4.78, 5) is 0. The third-order valence-electron chi connectivity index (χ3n) is 3.41. The molecule has 0 bridgehead atoms. The maximum absolute atomic E-state index is 12.0. The van der Waals surface area contributed by atoms with Gasteiger partial charge in [0.15, 0.2) is 11.5 Å². The van der Waals surface area contributed by atoms with Gasteiger partial charge >= 0.3 is 0 Å². The zero-order chi connectivity index (χ0) is 14.9. The van der Waals surface area contributed by atoms with Crippen molar-refractivity contribution in [1.82, 2.24) is 5.27 Å². The third kappa shape index (κ3) is 2.28. The molecule has 2 aromatic carbocycles. The molecule has 1 aromatic heterocycles. The lowest BCUT2D eigenvalue weighted by Gasteiger charge is -2.20. The molecule has 3 rings (SSSR count). The van der Waals surface area contributed by atoms with Crippen LogP contribution in [0.25, 0.3) is 5.69 Å². The molecule has 1 atom stereocenters. The van der Waals surface area contributed by atoms with Crippen LogP contribution >= 0.6 is 0 Å². The van der Waals surface area contributed by atoms with Crippen LogP contribution in [0.3, 0.4) is 0 Å². The van der Waals surface area contributed by atoms with Gasteiger partial charge < -0.3 is 14.7 Å². The highest BCUT2D eigenvalue weighted by molar-refractivity contribution is 5.33. The smallest absolute Gasteiger partial charge is 0.275 e. The fourth-order valence-electron chi connectivity index (χ4n) is 2.30. The lowest BCUT2D eigenvalue weighted by atomic mass is 9.92. The van der Waals surface area contributed by atoms with Gasteiger partial charge in [-0.15, -0.1) is 0 Å². The van der Waals surface area contributed by atoms with Crippen LogP contribution in [0.15, 0.2) is 65.2 Å². The Morgan fingerprint density at radius 1 is 1.05 bits per heavy atom. The highest BCUT2D eigenvalue weighted by Crippen LogP contribution is 2.31. The molecule has 0 fully saturated rings. The van der Waals surface area contributed by atoms with Crippen LogP contribution in [0, 0.1) is 0 Å². The molecule has 0 aliphatic rings. The minimum atomic E-state index is -1.51. The van der Waals surface area contributed by atoms with Gasteiger partial charge in [0.2, 0.25) is 5.69 Å². The van der Waals surface area contributed by atoms with Crippen molar-refractivity contribution >= 4 is 0 Å². The maximum Gasteiger partial charge on any atom is 0.275 e. The van der Waals surface area contributed by atoms with E-state index in [2.05, 4.69) is 5.27 Å². The normalized spacial score (nSPS) is 13.8. The monoisotopic (exact) mass is 282 g/mol. The van der Waals surface area contributed by atoms with E-state index in [9.17, 15) is 10.2 Å². The summed E-state index contributed by atoms with van der Waals surface area (Å²) in [6.45, 7) is 1.55. The van der Waals surface area contributed by atoms with Gasteiger partial charge in [0, 0.05) is 12.1 Å². The number of benzene rings is 2. The molecule has 1 heterocycles. The van der Waals surface area contributed by atoms with Gasteiger partial charge in [-0.3, -0.25) is 0 Å². The average Bonchev–Trinajstić information content (AvgIpc) is 2.91. The molecule has 0 aliphatic heterocycles. The van der Waals surface area contributed by atoms with Gasteiger partial charge in [-0.2, -0.15) is 0 Å². The van der Waals surface area contributed by atoms with Crippen LogP contribution in [0.1, 0.15) is 18.2 Å². The summed E-state index contributed by atoms with van der Waals surface area (Å²) in [7, 11) is 0. The van der Waals surface area contributed by atoms with Crippen molar-refractivity contribution in [3.05, 3.63) is 71.9 Å². The summed E-state index contributed by atoms with van der Waals surface area (Å²) in [5.74, 6) is -0.660. The van der Waals surface area contributed by atoms with Gasteiger partial charge in [0.1, 0.15) is 0 Å². The quantitative estimate of drug-likeness (QED) is 0.734. The van der Waals surface area contributed by atoms with Crippen LogP contribution in [0.5, 0.6) is 5.95 Å². The Hall–Kier alpha value is -2.66. The Kier molecular flexibility index (Phi) is 3.19. The summed E-state index contributed by atoms with van der Waals surface area (Å²) >= 11 is 0. The number of hydrogen-bond donors (Lipinski definition) is 1. The van der Waals surface area contributed by atoms with Gasteiger partial charge in [0.25, 0.3) is 5.69 Å². The first kappa shape index (κ1) is 13.3. The van der Waals surface area contributed by atoms with Crippen molar-refractivity contribution in [2.24, 2.45) is 0 Å². The van der Waals surface area contributed by atoms with Crippen LogP contribution in [-0.4, -0.2) is 10.4 Å². The van der Waals surface area contributed by atoms with Crippen molar-refractivity contribution in [2.75, 3.05) is 0 Å². The Labute approximate surface area is 121 Å². The second-order valence-electron chi connectivity index (χ2n) is 4.89. The summed E-state index contributed by atoms with van der Waals surface area (Å²) in [5.41, 5.74) is -0.196. The SMILES string of the molecule is CC(O)(c1ccccc1)c1c([O-])on[n+]1-c1ccccc1. The molecular weight excluding hydrogens is 268 g/mol. The van der Waals surface area contributed by atoms with E-state index >= 15 is 0 Å². The highest BCUT2D eigenvalue weighted by Gasteiger charge is 2.39. The second-order valence-corrected chi connectivity index (χ2v) is 4.89. The average molecular weight is 282 g/mol. The lowest BCUT2D eigenvalue weighted by Crippen LogP contribution is -2.44. The molecule has 5 nitrogen and oxygen atoms in total. The van der Waals surface area contributed by atoms with E-state index in [1.165, 1.54) is 4.68 Å². The number of aliphatic hydroxyl groups is 1. The van der Waals surface area contributed by atoms with Crippen LogP contribution in [0.2, 0.25) is 0 Å². The van der Waals surface area contributed by atoms with Gasteiger partial charge in [0.05, 0.1) is 5.27 Å². The van der Waals surface area contributed by atoms with E-state index in [1.54, 1.807) is 43.3 Å². The number of nitrogens with zero attached hydrogens (tertiary/aromatic N) is 2. The van der Waals surface area contributed by atoms with E-state index in [0.29, 0.717) is 11.3 Å². The van der Waals surface area contributed by atoms with Gasteiger partial charge in [-0.05, 0) is 17.2 Å². The molecule has 0 saturated heterocycles. The zero-order valence-electron chi connectivity index (χ0n) is 11.4. The van der Waals surface area contributed by atoms with Crippen molar-refractivity contribution < 1.29 is 19.4 Å². The highest BCUT2D eigenvalue weighted by atomic mass is 16.6. The molecule has 5 heteroatoms. The summed E-state index contributed by atoms with van der Waals surface area (Å²) in [6, 6.07) is 18.0. The predicted octanol–water partition coefficient (Wildman–Crippen LogP) is 1.28. The molecule has 3 aromatic rings. The number of para-hydroxylation sites is 1. The minimum absolute atomic E-state index is 0.0694. The standard InChI is InChI=1S/C16H14N2O3/c1-16(20,12-8-4-2-5-9-12)14-15(19)21-17-18(14)13-10-6-3-7-11-13/h2-11,20H,1H3. The van der Waals surface area contributed by atoms with Crippen LogP contribution in [0.4, 0.5) is 0 Å². The van der Waals surface area contributed by atoms with E-state index in [-0.39, 0.29) is 5.69 Å². The Morgan fingerprint density at radius 2 is 1.62 bits per heavy atom. The Balaban J connectivity index is 2.17. The zero-order valence-corrected chi connectivity index (χ0v) is 11.4. The molecular formula is C16H14N2O3. The summed E-state index contributed by atoms with van der Waals surface area (Å²) in [6.07, 6.45) is 0. The van der Waals surface area contributed by atoms with E-state index < -0.39 is 11.5 Å². The van der Waals surface area contributed by atoms with E-state index in [1.807, 2.05) is 24.3 Å². The van der Waals surface area contributed by atoms with Gasteiger partial charge in [-0.1, -0.05) is 48.5 Å². The Bertz CT molecular complexity index is 737. The number of rotatable bonds is 3. The molecule has 0 spiro atoms. The van der Waals surface area contributed by atoms with Crippen LogP contribution in [-0.2, 0) is 5.60 Å². The van der Waals surface area contributed by atoms with E-state index in [4.69, 9.17) is 4.52 Å². The topological polar surface area (TPSA) is 73.2 Å².